The van der Waals surface area contributed by atoms with Crippen molar-refractivity contribution in [3.8, 4) is 0 Å². The second kappa shape index (κ2) is 10.4. The lowest BCUT2D eigenvalue weighted by molar-refractivity contribution is -0.151. The van der Waals surface area contributed by atoms with E-state index in [0.29, 0.717) is 11.4 Å². The Balaban J connectivity index is 2.47. The van der Waals surface area contributed by atoms with Gasteiger partial charge in [-0.3, -0.25) is 14.4 Å². The van der Waals surface area contributed by atoms with E-state index >= 15 is 0 Å². The first-order chi connectivity index (χ1) is 11.8. The average Bonchev–Trinajstić information content (AvgIpc) is 3.10. The lowest BCUT2D eigenvalue weighted by atomic mass is 10.0. The summed E-state index contributed by atoms with van der Waals surface area (Å²) < 4.78 is 4.94. The fraction of sp³-hybridized carbons (Fsp3) is 0.500. The van der Waals surface area contributed by atoms with Gasteiger partial charge in [-0.1, -0.05) is 19.9 Å². The molecule has 9 heteroatoms. The molecule has 0 bridgehead atoms. The molecule has 1 rings (SSSR count). The van der Waals surface area contributed by atoms with Crippen LogP contribution in [0.15, 0.2) is 17.5 Å². The van der Waals surface area contributed by atoms with Crippen molar-refractivity contribution in [2.45, 2.75) is 26.8 Å². The average molecular weight is 369 g/mol. The van der Waals surface area contributed by atoms with Crippen LogP contribution >= 0.6 is 11.3 Å². The van der Waals surface area contributed by atoms with Crippen LogP contribution < -0.4 is 16.0 Å². The van der Waals surface area contributed by atoms with Crippen molar-refractivity contribution in [1.82, 2.24) is 16.0 Å². The van der Waals surface area contributed by atoms with Crippen LogP contribution in [0.25, 0.3) is 0 Å². The summed E-state index contributed by atoms with van der Waals surface area (Å²) in [5.74, 6) is -2.20. The van der Waals surface area contributed by atoms with Crippen LogP contribution in [0.2, 0.25) is 0 Å². The molecule has 0 saturated heterocycles. The minimum atomic E-state index is -0.870. The lowest BCUT2D eigenvalue weighted by Crippen LogP contribution is -2.46. The second-order valence-corrected chi connectivity index (χ2v) is 6.46. The van der Waals surface area contributed by atoms with Crippen molar-refractivity contribution in [1.29, 1.82) is 0 Å². The summed E-state index contributed by atoms with van der Waals surface area (Å²) in [7, 11) is 0. The number of nitrogens with one attached hydrogen (secondary N) is 3. The molecule has 0 aliphatic heterocycles. The minimum Gasteiger partial charge on any atom is -0.454 e. The summed E-state index contributed by atoms with van der Waals surface area (Å²) in [6, 6.07) is 2.52. The van der Waals surface area contributed by atoms with Crippen LogP contribution in [0.5, 0.6) is 0 Å². The number of amides is 3. The smallest absolute Gasteiger partial charge is 0.329 e. The fourth-order valence-corrected chi connectivity index (χ4v) is 2.46. The van der Waals surface area contributed by atoms with Gasteiger partial charge >= 0.3 is 5.97 Å². The molecule has 0 unspecified atom stereocenters. The number of esters is 1. The van der Waals surface area contributed by atoms with Gasteiger partial charge in [0.15, 0.2) is 6.61 Å². The molecule has 1 aromatic heterocycles. The van der Waals surface area contributed by atoms with Crippen LogP contribution in [0, 0.1) is 5.92 Å². The third kappa shape index (κ3) is 7.34. The molecule has 0 aromatic carbocycles. The standard InChI is InChI=1S/C16H23N3O5S/c1-4-17-12(20)8-18-13(21)9-24-16(23)14(10(2)3)19-15(22)11-6-5-7-25-11/h5-7,10,14H,4,8-9H2,1-3H3,(H,17,20)(H,18,21)(H,19,22)/t14-/m1/s1. The van der Waals surface area contributed by atoms with E-state index in [1.54, 1.807) is 38.3 Å². The van der Waals surface area contributed by atoms with Crippen molar-refractivity contribution in [3.63, 3.8) is 0 Å². The maximum Gasteiger partial charge on any atom is 0.329 e. The van der Waals surface area contributed by atoms with Crippen molar-refractivity contribution >= 4 is 35.0 Å². The molecule has 0 spiro atoms. The molecule has 8 nitrogen and oxygen atoms in total. The van der Waals surface area contributed by atoms with Gasteiger partial charge in [0.2, 0.25) is 5.91 Å². The predicted octanol–water partition coefficient (Wildman–Crippen LogP) is 0.298. The van der Waals surface area contributed by atoms with Gasteiger partial charge in [0.05, 0.1) is 11.4 Å². The van der Waals surface area contributed by atoms with Gasteiger partial charge in [0, 0.05) is 6.54 Å². The molecule has 0 aliphatic carbocycles. The third-order valence-corrected chi connectivity index (χ3v) is 3.99. The van der Waals surface area contributed by atoms with E-state index in [9.17, 15) is 19.2 Å². The number of thiophene rings is 1. The number of carbonyl (C=O) groups is 4. The Morgan fingerprint density at radius 3 is 2.44 bits per heavy atom. The Kier molecular flexibility index (Phi) is 8.62. The maximum atomic E-state index is 12.1. The first kappa shape index (κ1) is 20.6. The Morgan fingerprint density at radius 1 is 1.16 bits per heavy atom. The molecule has 1 aromatic rings. The number of hydrogen-bond donors (Lipinski definition) is 3. The molecule has 3 amide bonds. The van der Waals surface area contributed by atoms with Crippen LogP contribution in [0.1, 0.15) is 30.4 Å². The van der Waals surface area contributed by atoms with Crippen LogP contribution in [0.3, 0.4) is 0 Å². The van der Waals surface area contributed by atoms with Crippen LogP contribution in [-0.4, -0.2) is 49.4 Å². The summed E-state index contributed by atoms with van der Waals surface area (Å²) in [4.78, 5) is 47.5. The summed E-state index contributed by atoms with van der Waals surface area (Å²) in [6.07, 6.45) is 0. The van der Waals surface area contributed by atoms with Gasteiger partial charge < -0.3 is 20.7 Å². The topological polar surface area (TPSA) is 114 Å². The summed E-state index contributed by atoms with van der Waals surface area (Å²) >= 11 is 1.26. The predicted molar refractivity (Wildman–Crippen MR) is 93.1 cm³/mol. The van der Waals surface area contributed by atoms with Crippen LogP contribution in [0.4, 0.5) is 0 Å². The summed E-state index contributed by atoms with van der Waals surface area (Å²) in [5, 5.41) is 9.24. The second-order valence-electron chi connectivity index (χ2n) is 5.51. The maximum absolute atomic E-state index is 12.1. The van der Waals surface area contributed by atoms with E-state index in [0.717, 1.165) is 0 Å². The Bertz CT molecular complexity index is 601. The highest BCUT2D eigenvalue weighted by molar-refractivity contribution is 7.12. The zero-order chi connectivity index (χ0) is 18.8. The van der Waals surface area contributed by atoms with E-state index in [4.69, 9.17) is 4.74 Å². The SMILES string of the molecule is CCNC(=O)CNC(=O)COC(=O)[C@H](NC(=O)c1cccs1)C(C)C. The molecule has 1 heterocycles. The highest BCUT2D eigenvalue weighted by Gasteiger charge is 2.27. The highest BCUT2D eigenvalue weighted by Crippen LogP contribution is 2.11. The van der Waals surface area contributed by atoms with Crippen molar-refractivity contribution < 1.29 is 23.9 Å². The molecular weight excluding hydrogens is 346 g/mol. The molecule has 138 valence electrons. The summed E-state index contributed by atoms with van der Waals surface area (Å²) in [5.41, 5.74) is 0. The molecule has 0 radical (unpaired) electrons. The molecule has 0 aliphatic rings. The van der Waals surface area contributed by atoms with Crippen molar-refractivity contribution in [3.05, 3.63) is 22.4 Å². The van der Waals surface area contributed by atoms with Gasteiger partial charge in [-0.15, -0.1) is 11.3 Å². The number of likely N-dealkylation sites (N-methyl/N-ethyl adjacent to an activating group) is 1. The number of carbonyl (C=O) groups excluding carboxylic acids is 4. The minimum absolute atomic E-state index is 0.188. The Labute approximate surface area is 150 Å². The van der Waals surface area contributed by atoms with E-state index in [1.807, 2.05) is 0 Å². The zero-order valence-electron chi connectivity index (χ0n) is 14.5. The molecular formula is C16H23N3O5S. The molecule has 1 atom stereocenters. The summed E-state index contributed by atoms with van der Waals surface area (Å²) in [6.45, 7) is 5.04. The fourth-order valence-electron chi connectivity index (χ4n) is 1.83. The first-order valence-corrected chi connectivity index (χ1v) is 8.77. The Hall–Kier alpha value is -2.42. The number of ether oxygens (including phenoxy) is 1. The third-order valence-electron chi connectivity index (χ3n) is 3.12. The quantitative estimate of drug-likeness (QED) is 0.542. The largest absolute Gasteiger partial charge is 0.454 e. The zero-order valence-corrected chi connectivity index (χ0v) is 15.3. The normalized spacial score (nSPS) is 11.5. The number of hydrogen-bond acceptors (Lipinski definition) is 6. The first-order valence-electron chi connectivity index (χ1n) is 7.89. The molecule has 25 heavy (non-hydrogen) atoms. The lowest BCUT2D eigenvalue weighted by Gasteiger charge is -2.20. The monoisotopic (exact) mass is 369 g/mol. The van der Waals surface area contributed by atoms with E-state index < -0.39 is 24.5 Å². The van der Waals surface area contributed by atoms with Gasteiger partial charge in [0.1, 0.15) is 6.04 Å². The van der Waals surface area contributed by atoms with E-state index in [2.05, 4.69) is 16.0 Å². The number of rotatable bonds is 9. The van der Waals surface area contributed by atoms with Gasteiger partial charge in [-0.05, 0) is 24.3 Å². The van der Waals surface area contributed by atoms with Crippen LogP contribution in [-0.2, 0) is 19.1 Å². The van der Waals surface area contributed by atoms with E-state index in [1.165, 1.54) is 11.3 Å². The molecule has 0 saturated carbocycles. The Morgan fingerprint density at radius 2 is 1.88 bits per heavy atom. The van der Waals surface area contributed by atoms with E-state index in [-0.39, 0.29) is 24.3 Å². The van der Waals surface area contributed by atoms with Gasteiger partial charge in [-0.2, -0.15) is 0 Å². The van der Waals surface area contributed by atoms with Crippen molar-refractivity contribution in [2.75, 3.05) is 19.7 Å². The van der Waals surface area contributed by atoms with Gasteiger partial charge in [-0.25, -0.2) is 4.79 Å². The van der Waals surface area contributed by atoms with Gasteiger partial charge in [0.25, 0.3) is 11.8 Å². The molecule has 0 fully saturated rings. The van der Waals surface area contributed by atoms with Crippen molar-refractivity contribution in [2.24, 2.45) is 5.92 Å². The highest BCUT2D eigenvalue weighted by atomic mass is 32.1. The molecule has 3 N–H and O–H groups in total.